The van der Waals surface area contributed by atoms with Gasteiger partial charge < -0.3 is 24.7 Å². The molecule has 0 saturated heterocycles. The van der Waals surface area contributed by atoms with Gasteiger partial charge in [-0.3, -0.25) is 0 Å². The van der Waals surface area contributed by atoms with Crippen LogP contribution in [0.2, 0.25) is 0 Å². The number of benzene rings is 1. The van der Waals surface area contributed by atoms with E-state index in [1.807, 2.05) is 0 Å². The maximum atomic E-state index is 5.57. The number of ether oxygens (including phenoxy) is 4. The van der Waals surface area contributed by atoms with Crippen molar-refractivity contribution in [2.24, 2.45) is 5.73 Å². The van der Waals surface area contributed by atoms with E-state index in [-0.39, 0.29) is 0 Å². The van der Waals surface area contributed by atoms with Crippen LogP contribution in [0.25, 0.3) is 0 Å². The van der Waals surface area contributed by atoms with Crippen LogP contribution in [0.15, 0.2) is 12.1 Å². The van der Waals surface area contributed by atoms with E-state index in [0.717, 1.165) is 6.42 Å². The van der Waals surface area contributed by atoms with Crippen LogP contribution in [0.5, 0.6) is 23.0 Å². The van der Waals surface area contributed by atoms with Gasteiger partial charge in [-0.15, -0.1) is 0 Å². The largest absolute Gasteiger partial charge is 0.493 e. The molecule has 0 atom stereocenters. The summed E-state index contributed by atoms with van der Waals surface area (Å²) >= 11 is 0. The van der Waals surface area contributed by atoms with Gasteiger partial charge >= 0.3 is 0 Å². The van der Waals surface area contributed by atoms with E-state index in [0.29, 0.717) is 36.1 Å². The molecule has 0 aliphatic rings. The van der Waals surface area contributed by atoms with Gasteiger partial charge in [0.2, 0.25) is 11.5 Å². The molecule has 0 amide bonds. The molecular weight excluding hydrogens is 222 g/mol. The lowest BCUT2D eigenvalue weighted by atomic mass is 10.2. The Hall–Kier alpha value is -1.62. The van der Waals surface area contributed by atoms with Crippen LogP contribution < -0.4 is 24.7 Å². The number of hydrogen-bond acceptors (Lipinski definition) is 5. The highest BCUT2D eigenvalue weighted by atomic mass is 16.5. The van der Waals surface area contributed by atoms with Crippen molar-refractivity contribution in [3.05, 3.63) is 12.1 Å². The van der Waals surface area contributed by atoms with E-state index in [1.54, 1.807) is 33.5 Å². The molecule has 1 aromatic rings. The van der Waals surface area contributed by atoms with Gasteiger partial charge in [0.05, 0.1) is 27.9 Å². The van der Waals surface area contributed by atoms with Crippen LogP contribution >= 0.6 is 0 Å². The fourth-order valence-electron chi connectivity index (χ4n) is 1.45. The number of hydrogen-bond donors (Lipinski definition) is 1. The Morgan fingerprint density at radius 1 is 0.941 bits per heavy atom. The van der Waals surface area contributed by atoms with Crippen molar-refractivity contribution in [3.8, 4) is 23.0 Å². The van der Waals surface area contributed by atoms with Crippen LogP contribution in [0, 0.1) is 0 Å². The summed E-state index contributed by atoms with van der Waals surface area (Å²) in [7, 11) is 4.70. The molecule has 2 N–H and O–H groups in total. The average Bonchev–Trinajstić information content (AvgIpc) is 2.38. The lowest BCUT2D eigenvalue weighted by Gasteiger charge is -2.15. The van der Waals surface area contributed by atoms with Crippen molar-refractivity contribution in [2.75, 3.05) is 34.5 Å². The van der Waals surface area contributed by atoms with Gasteiger partial charge in [-0.25, -0.2) is 0 Å². The lowest BCUT2D eigenvalue weighted by molar-refractivity contribution is 0.275. The summed E-state index contributed by atoms with van der Waals surface area (Å²) < 4.78 is 21.3. The number of rotatable bonds is 7. The van der Waals surface area contributed by atoms with E-state index in [4.69, 9.17) is 24.7 Å². The smallest absolute Gasteiger partial charge is 0.207 e. The summed E-state index contributed by atoms with van der Waals surface area (Å²) in [6, 6.07) is 3.57. The Bertz CT molecular complexity index is 355. The summed E-state index contributed by atoms with van der Waals surface area (Å²) in [5.41, 5.74) is 5.41. The standard InChI is InChI=1S/C12H19NO4/c1-14-9-5-6-10(17-8-4-7-13)12(16-3)11(9)15-2/h5-6H,4,7-8,13H2,1-3H3. The minimum Gasteiger partial charge on any atom is -0.493 e. The molecule has 0 unspecified atom stereocenters. The van der Waals surface area contributed by atoms with Crippen molar-refractivity contribution < 1.29 is 18.9 Å². The summed E-state index contributed by atoms with van der Waals surface area (Å²) in [6.07, 6.45) is 0.789. The Morgan fingerprint density at radius 2 is 1.53 bits per heavy atom. The highest BCUT2D eigenvalue weighted by molar-refractivity contribution is 5.58. The normalized spacial score (nSPS) is 9.88. The maximum Gasteiger partial charge on any atom is 0.207 e. The average molecular weight is 241 g/mol. The summed E-state index contributed by atoms with van der Waals surface area (Å²) in [5.74, 6) is 2.29. The molecular formula is C12H19NO4. The molecule has 0 saturated carbocycles. The maximum absolute atomic E-state index is 5.57. The topological polar surface area (TPSA) is 62.9 Å². The van der Waals surface area contributed by atoms with Crippen molar-refractivity contribution in [1.29, 1.82) is 0 Å². The second kappa shape index (κ2) is 6.85. The third-order valence-electron chi connectivity index (χ3n) is 2.27. The van der Waals surface area contributed by atoms with Crippen LogP contribution in [-0.2, 0) is 0 Å². The van der Waals surface area contributed by atoms with Crippen LogP contribution in [0.3, 0.4) is 0 Å². The first kappa shape index (κ1) is 13.4. The van der Waals surface area contributed by atoms with Crippen molar-refractivity contribution >= 4 is 0 Å². The van der Waals surface area contributed by atoms with Crippen LogP contribution in [-0.4, -0.2) is 34.5 Å². The summed E-state index contributed by atoms with van der Waals surface area (Å²) in [5, 5.41) is 0. The molecule has 1 rings (SSSR count). The fourth-order valence-corrected chi connectivity index (χ4v) is 1.45. The van der Waals surface area contributed by atoms with Gasteiger partial charge in [-0.05, 0) is 25.1 Å². The Morgan fingerprint density at radius 3 is 2.06 bits per heavy atom. The van der Waals surface area contributed by atoms with Gasteiger partial charge in [0, 0.05) is 0 Å². The van der Waals surface area contributed by atoms with E-state index >= 15 is 0 Å². The van der Waals surface area contributed by atoms with Crippen molar-refractivity contribution in [2.45, 2.75) is 6.42 Å². The molecule has 0 bridgehead atoms. The Labute approximate surface area is 101 Å². The van der Waals surface area contributed by atoms with Gasteiger partial charge in [0.15, 0.2) is 11.5 Å². The van der Waals surface area contributed by atoms with Crippen LogP contribution in [0.1, 0.15) is 6.42 Å². The van der Waals surface area contributed by atoms with Gasteiger partial charge in [-0.2, -0.15) is 0 Å². The zero-order chi connectivity index (χ0) is 12.7. The molecule has 0 aliphatic carbocycles. The Balaban J connectivity index is 2.97. The molecule has 5 nitrogen and oxygen atoms in total. The molecule has 96 valence electrons. The first-order valence-corrected chi connectivity index (χ1v) is 5.40. The highest BCUT2D eigenvalue weighted by Gasteiger charge is 2.16. The monoisotopic (exact) mass is 241 g/mol. The number of nitrogens with two attached hydrogens (primary N) is 1. The quantitative estimate of drug-likeness (QED) is 0.732. The molecule has 0 spiro atoms. The van der Waals surface area contributed by atoms with Gasteiger partial charge in [-0.1, -0.05) is 0 Å². The zero-order valence-corrected chi connectivity index (χ0v) is 10.5. The lowest BCUT2D eigenvalue weighted by Crippen LogP contribution is -2.07. The first-order valence-electron chi connectivity index (χ1n) is 5.40. The third-order valence-corrected chi connectivity index (χ3v) is 2.27. The predicted octanol–water partition coefficient (Wildman–Crippen LogP) is 1.44. The zero-order valence-electron chi connectivity index (χ0n) is 10.5. The molecule has 0 radical (unpaired) electrons. The number of methoxy groups -OCH3 is 3. The second-order valence-electron chi connectivity index (χ2n) is 3.32. The highest BCUT2D eigenvalue weighted by Crippen LogP contribution is 2.43. The molecule has 0 aromatic heterocycles. The molecule has 0 heterocycles. The van der Waals surface area contributed by atoms with Crippen molar-refractivity contribution in [3.63, 3.8) is 0 Å². The summed E-state index contributed by atoms with van der Waals surface area (Å²) in [6.45, 7) is 1.14. The van der Waals surface area contributed by atoms with E-state index in [2.05, 4.69) is 0 Å². The van der Waals surface area contributed by atoms with E-state index < -0.39 is 0 Å². The molecule has 5 heteroatoms. The van der Waals surface area contributed by atoms with E-state index in [1.165, 1.54) is 0 Å². The Kier molecular flexibility index (Phi) is 5.42. The third kappa shape index (κ3) is 3.17. The minimum atomic E-state index is 0.528. The second-order valence-corrected chi connectivity index (χ2v) is 3.32. The van der Waals surface area contributed by atoms with Crippen molar-refractivity contribution in [1.82, 2.24) is 0 Å². The first-order chi connectivity index (χ1) is 8.28. The molecule has 1 aromatic carbocycles. The molecule has 0 aliphatic heterocycles. The predicted molar refractivity (Wildman–Crippen MR) is 65.3 cm³/mol. The molecule has 17 heavy (non-hydrogen) atoms. The molecule has 0 fully saturated rings. The van der Waals surface area contributed by atoms with E-state index in [9.17, 15) is 0 Å². The fraction of sp³-hybridized carbons (Fsp3) is 0.500. The minimum absolute atomic E-state index is 0.528. The van der Waals surface area contributed by atoms with Gasteiger partial charge in [0.1, 0.15) is 0 Å². The van der Waals surface area contributed by atoms with Crippen LogP contribution in [0.4, 0.5) is 0 Å². The SMILES string of the molecule is COc1ccc(OCCCN)c(OC)c1OC. The summed E-state index contributed by atoms with van der Waals surface area (Å²) in [4.78, 5) is 0. The van der Waals surface area contributed by atoms with Gasteiger partial charge in [0.25, 0.3) is 0 Å².